The summed E-state index contributed by atoms with van der Waals surface area (Å²) in [6, 6.07) is 0. The molecule has 3 aliphatic heterocycles. The Kier molecular flexibility index (Phi) is 4.60. The van der Waals surface area contributed by atoms with Gasteiger partial charge >= 0.3 is 0 Å². The average molecular weight is 357 g/mol. The molecule has 5 heterocycles. The van der Waals surface area contributed by atoms with Gasteiger partial charge in [-0.3, -0.25) is 9.47 Å². The fraction of sp³-hybridized carbons (Fsp3) is 0.737. The molecule has 0 spiro atoms. The molecule has 0 saturated carbocycles. The zero-order valence-electron chi connectivity index (χ0n) is 15.2. The number of imidazole rings is 1. The van der Waals surface area contributed by atoms with Gasteiger partial charge in [-0.25, -0.2) is 15.0 Å². The Hall–Kier alpha value is -1.57. The zero-order valence-corrected chi connectivity index (χ0v) is 15.2. The minimum Gasteiger partial charge on any atom is -0.381 e. The molecule has 7 heteroatoms. The van der Waals surface area contributed by atoms with Crippen molar-refractivity contribution in [3.05, 3.63) is 18.3 Å². The molecule has 0 radical (unpaired) electrons. The van der Waals surface area contributed by atoms with Crippen LogP contribution in [0.4, 0.5) is 0 Å². The van der Waals surface area contributed by atoms with Gasteiger partial charge in [-0.2, -0.15) is 0 Å². The van der Waals surface area contributed by atoms with Crippen LogP contribution in [0.1, 0.15) is 44.2 Å². The van der Waals surface area contributed by atoms with Gasteiger partial charge < -0.3 is 9.47 Å². The standard InChI is InChI=1S/C19H27N5O2/c1-2-6-26-18(3-1)24-17(22-16-9-20-13-21-19(16)24)12-23-10-15(11-23)14-4-7-25-8-5-14/h9,13-15,18H,1-8,10-12H2. The Morgan fingerprint density at radius 1 is 1.04 bits per heavy atom. The number of hydrogen-bond acceptors (Lipinski definition) is 6. The molecule has 3 saturated heterocycles. The van der Waals surface area contributed by atoms with Gasteiger partial charge in [0.15, 0.2) is 5.65 Å². The predicted molar refractivity (Wildman–Crippen MR) is 96.5 cm³/mol. The predicted octanol–water partition coefficient (Wildman–Crippen LogP) is 2.38. The van der Waals surface area contributed by atoms with Crippen LogP contribution in [0.3, 0.4) is 0 Å². The molecule has 3 aliphatic rings. The molecule has 2 aromatic rings. The maximum absolute atomic E-state index is 6.05. The number of hydrogen-bond donors (Lipinski definition) is 0. The van der Waals surface area contributed by atoms with Crippen molar-refractivity contribution in [2.45, 2.75) is 44.9 Å². The number of aromatic nitrogens is 4. The molecular weight excluding hydrogens is 330 g/mol. The summed E-state index contributed by atoms with van der Waals surface area (Å²) in [7, 11) is 0. The first-order valence-corrected chi connectivity index (χ1v) is 9.97. The molecule has 140 valence electrons. The van der Waals surface area contributed by atoms with Gasteiger partial charge in [0.2, 0.25) is 0 Å². The number of fused-ring (bicyclic) bond motifs is 1. The second-order valence-corrected chi connectivity index (χ2v) is 7.85. The first-order chi connectivity index (χ1) is 12.9. The highest BCUT2D eigenvalue weighted by atomic mass is 16.5. The fourth-order valence-corrected chi connectivity index (χ4v) is 4.66. The number of rotatable bonds is 4. The van der Waals surface area contributed by atoms with Crippen LogP contribution in [0.15, 0.2) is 12.5 Å². The van der Waals surface area contributed by atoms with Crippen LogP contribution in [0.2, 0.25) is 0 Å². The van der Waals surface area contributed by atoms with E-state index in [4.69, 9.17) is 14.5 Å². The van der Waals surface area contributed by atoms with Gasteiger partial charge in [0.25, 0.3) is 0 Å². The summed E-state index contributed by atoms with van der Waals surface area (Å²) >= 11 is 0. The van der Waals surface area contributed by atoms with Crippen LogP contribution >= 0.6 is 0 Å². The normalized spacial score (nSPS) is 26.2. The third kappa shape index (κ3) is 3.12. The number of ether oxygens (including phenoxy) is 2. The Labute approximate surface area is 153 Å². The zero-order chi connectivity index (χ0) is 17.3. The molecule has 0 amide bonds. The molecule has 3 fully saturated rings. The maximum atomic E-state index is 6.05. The van der Waals surface area contributed by atoms with Gasteiger partial charge in [-0.05, 0) is 43.9 Å². The molecule has 0 aromatic carbocycles. The summed E-state index contributed by atoms with van der Waals surface area (Å²) in [5, 5.41) is 0. The largest absolute Gasteiger partial charge is 0.381 e. The Bertz CT molecular complexity index is 745. The number of likely N-dealkylation sites (tertiary alicyclic amines) is 1. The van der Waals surface area contributed by atoms with E-state index >= 15 is 0 Å². The summed E-state index contributed by atoms with van der Waals surface area (Å²) in [5.74, 6) is 2.73. The molecule has 0 bridgehead atoms. The van der Waals surface area contributed by atoms with Gasteiger partial charge in [-0.1, -0.05) is 0 Å². The van der Waals surface area contributed by atoms with Crippen molar-refractivity contribution in [3.8, 4) is 0 Å². The SMILES string of the molecule is c1ncc2nc(CN3CC(C4CCOCC4)C3)n(C3CCCCO3)c2n1. The first kappa shape index (κ1) is 16.6. The maximum Gasteiger partial charge on any atom is 0.165 e. The lowest BCUT2D eigenvalue weighted by atomic mass is 9.81. The highest BCUT2D eigenvalue weighted by Crippen LogP contribution is 2.33. The van der Waals surface area contributed by atoms with Crippen LogP contribution in [0.5, 0.6) is 0 Å². The van der Waals surface area contributed by atoms with Crippen molar-refractivity contribution >= 4 is 11.2 Å². The lowest BCUT2D eigenvalue weighted by molar-refractivity contribution is -0.0366. The van der Waals surface area contributed by atoms with Gasteiger partial charge in [0.1, 0.15) is 23.9 Å². The summed E-state index contributed by atoms with van der Waals surface area (Å²) < 4.78 is 13.8. The molecular formula is C19H27N5O2. The van der Waals surface area contributed by atoms with Gasteiger partial charge in [0, 0.05) is 32.9 Å². The van der Waals surface area contributed by atoms with E-state index in [-0.39, 0.29) is 6.23 Å². The van der Waals surface area contributed by atoms with E-state index < -0.39 is 0 Å². The molecule has 26 heavy (non-hydrogen) atoms. The van der Waals surface area contributed by atoms with Crippen LogP contribution in [0, 0.1) is 11.8 Å². The number of nitrogens with zero attached hydrogens (tertiary/aromatic N) is 5. The van der Waals surface area contributed by atoms with Gasteiger partial charge in [-0.15, -0.1) is 0 Å². The average Bonchev–Trinajstić information content (AvgIpc) is 3.04. The summed E-state index contributed by atoms with van der Waals surface area (Å²) in [6.07, 6.45) is 9.31. The molecule has 7 nitrogen and oxygen atoms in total. The second-order valence-electron chi connectivity index (χ2n) is 7.85. The molecule has 1 atom stereocenters. The van der Waals surface area contributed by atoms with Crippen LogP contribution < -0.4 is 0 Å². The highest BCUT2D eigenvalue weighted by molar-refractivity contribution is 5.70. The Balaban J connectivity index is 1.32. The van der Waals surface area contributed by atoms with E-state index in [1.165, 1.54) is 32.4 Å². The monoisotopic (exact) mass is 357 g/mol. The lowest BCUT2D eigenvalue weighted by Crippen LogP contribution is -2.50. The van der Waals surface area contributed by atoms with Crippen molar-refractivity contribution < 1.29 is 9.47 Å². The van der Waals surface area contributed by atoms with E-state index in [0.717, 1.165) is 68.0 Å². The van der Waals surface area contributed by atoms with E-state index in [1.807, 2.05) is 6.20 Å². The van der Waals surface area contributed by atoms with Gasteiger partial charge in [0.05, 0.1) is 12.7 Å². The first-order valence-electron chi connectivity index (χ1n) is 9.97. The van der Waals surface area contributed by atoms with Crippen molar-refractivity contribution in [1.82, 2.24) is 24.4 Å². The third-order valence-corrected chi connectivity index (χ3v) is 6.16. The van der Waals surface area contributed by atoms with E-state index in [0.29, 0.717) is 0 Å². The molecule has 1 unspecified atom stereocenters. The van der Waals surface area contributed by atoms with E-state index in [9.17, 15) is 0 Å². The fourth-order valence-electron chi connectivity index (χ4n) is 4.66. The Morgan fingerprint density at radius 2 is 1.92 bits per heavy atom. The van der Waals surface area contributed by atoms with Crippen molar-refractivity contribution in [2.24, 2.45) is 11.8 Å². The topological polar surface area (TPSA) is 65.3 Å². The van der Waals surface area contributed by atoms with E-state index in [2.05, 4.69) is 19.4 Å². The molecule has 2 aromatic heterocycles. The molecule has 0 N–H and O–H groups in total. The summed E-state index contributed by atoms with van der Waals surface area (Å²) in [6.45, 7) is 5.92. The summed E-state index contributed by atoms with van der Waals surface area (Å²) in [4.78, 5) is 16.0. The van der Waals surface area contributed by atoms with Crippen LogP contribution in [-0.4, -0.2) is 57.3 Å². The van der Waals surface area contributed by atoms with Crippen molar-refractivity contribution in [1.29, 1.82) is 0 Å². The lowest BCUT2D eigenvalue weighted by Gasteiger charge is -2.44. The quantitative estimate of drug-likeness (QED) is 0.837. The summed E-state index contributed by atoms with van der Waals surface area (Å²) in [5.41, 5.74) is 1.78. The molecule has 0 aliphatic carbocycles. The minimum absolute atomic E-state index is 0.0613. The van der Waals surface area contributed by atoms with Crippen molar-refractivity contribution in [2.75, 3.05) is 32.9 Å². The van der Waals surface area contributed by atoms with E-state index in [1.54, 1.807) is 6.33 Å². The second kappa shape index (κ2) is 7.21. The minimum atomic E-state index is 0.0613. The highest BCUT2D eigenvalue weighted by Gasteiger charge is 2.35. The molecule has 5 rings (SSSR count). The van der Waals surface area contributed by atoms with Crippen LogP contribution in [-0.2, 0) is 16.0 Å². The third-order valence-electron chi connectivity index (χ3n) is 6.16. The van der Waals surface area contributed by atoms with Crippen molar-refractivity contribution in [3.63, 3.8) is 0 Å². The Morgan fingerprint density at radius 3 is 2.73 bits per heavy atom. The van der Waals surface area contributed by atoms with Crippen LogP contribution in [0.25, 0.3) is 11.2 Å². The smallest absolute Gasteiger partial charge is 0.165 e.